The Morgan fingerprint density at radius 1 is 1.12 bits per heavy atom. The van der Waals surface area contributed by atoms with Crippen molar-refractivity contribution < 1.29 is 0 Å². The summed E-state index contributed by atoms with van der Waals surface area (Å²) in [4.78, 5) is 4.35. The van der Waals surface area contributed by atoms with Gasteiger partial charge in [0.05, 0.1) is 5.69 Å². The predicted octanol–water partition coefficient (Wildman–Crippen LogP) is 3.61. The van der Waals surface area contributed by atoms with E-state index in [9.17, 15) is 0 Å². The normalized spacial score (nSPS) is 11.9. The van der Waals surface area contributed by atoms with Gasteiger partial charge in [0.15, 0.2) is 5.96 Å². The van der Waals surface area contributed by atoms with Crippen LogP contribution in [0, 0.1) is 20.8 Å². The fourth-order valence-electron chi connectivity index (χ4n) is 2.88. The van der Waals surface area contributed by atoms with E-state index < -0.39 is 0 Å². The van der Waals surface area contributed by atoms with Crippen molar-refractivity contribution in [2.24, 2.45) is 12.0 Å². The molecule has 0 saturated carbocycles. The number of nitrogens with zero attached hydrogens (tertiary/aromatic N) is 3. The van der Waals surface area contributed by atoms with Gasteiger partial charge >= 0.3 is 0 Å². The third-order valence-corrected chi connectivity index (χ3v) is 4.85. The van der Waals surface area contributed by atoms with Crippen LogP contribution in [0.25, 0.3) is 0 Å². The van der Waals surface area contributed by atoms with E-state index in [1.807, 2.05) is 18.7 Å². The van der Waals surface area contributed by atoms with E-state index in [0.29, 0.717) is 0 Å². The standard InChI is InChI=1S/C20H31N5.HI/c1-14-8-10-17(11-9-14)20(4,5)13-23-19(21-6)22-12-18-15(2)24-25(7)16(18)3;/h8-11H,12-13H2,1-7H3,(H2,21,22,23);1H. The van der Waals surface area contributed by atoms with Gasteiger partial charge in [0.1, 0.15) is 0 Å². The molecule has 2 rings (SSSR count). The lowest BCUT2D eigenvalue weighted by Gasteiger charge is -2.27. The first-order valence-corrected chi connectivity index (χ1v) is 8.75. The third-order valence-electron chi connectivity index (χ3n) is 4.85. The molecule has 0 saturated heterocycles. The number of halogens is 1. The first-order valence-electron chi connectivity index (χ1n) is 8.75. The molecule has 0 spiro atoms. The second-order valence-electron chi connectivity index (χ2n) is 7.30. The van der Waals surface area contributed by atoms with E-state index in [4.69, 9.17) is 0 Å². The molecule has 1 heterocycles. The van der Waals surface area contributed by atoms with Crippen LogP contribution in [0.4, 0.5) is 0 Å². The summed E-state index contributed by atoms with van der Waals surface area (Å²) in [6.45, 7) is 12.3. The van der Waals surface area contributed by atoms with Gasteiger partial charge in [-0.05, 0) is 26.3 Å². The number of aromatic nitrogens is 2. The summed E-state index contributed by atoms with van der Waals surface area (Å²) in [6.07, 6.45) is 0. The molecule has 26 heavy (non-hydrogen) atoms. The van der Waals surface area contributed by atoms with Gasteiger partial charge in [-0.15, -0.1) is 24.0 Å². The number of hydrogen-bond donors (Lipinski definition) is 2. The summed E-state index contributed by atoms with van der Waals surface area (Å²) < 4.78 is 1.92. The van der Waals surface area contributed by atoms with Crippen LogP contribution in [0.1, 0.15) is 41.9 Å². The van der Waals surface area contributed by atoms with Gasteiger partial charge in [0, 0.05) is 43.9 Å². The van der Waals surface area contributed by atoms with E-state index in [2.05, 4.69) is 72.7 Å². The van der Waals surface area contributed by atoms with Crippen LogP contribution < -0.4 is 10.6 Å². The first-order chi connectivity index (χ1) is 11.7. The molecule has 1 aromatic carbocycles. The molecule has 0 aliphatic heterocycles. The summed E-state index contributed by atoms with van der Waals surface area (Å²) in [5.74, 6) is 0.808. The maximum atomic E-state index is 4.46. The second-order valence-corrected chi connectivity index (χ2v) is 7.30. The van der Waals surface area contributed by atoms with Crippen molar-refractivity contribution in [3.05, 3.63) is 52.3 Å². The van der Waals surface area contributed by atoms with E-state index in [0.717, 1.165) is 24.7 Å². The van der Waals surface area contributed by atoms with E-state index in [-0.39, 0.29) is 29.4 Å². The second kappa shape index (κ2) is 9.39. The van der Waals surface area contributed by atoms with Crippen LogP contribution in [-0.2, 0) is 19.0 Å². The van der Waals surface area contributed by atoms with E-state index >= 15 is 0 Å². The highest BCUT2D eigenvalue weighted by atomic mass is 127. The van der Waals surface area contributed by atoms with Gasteiger partial charge in [0.25, 0.3) is 0 Å². The van der Waals surface area contributed by atoms with Crippen LogP contribution in [0.5, 0.6) is 0 Å². The van der Waals surface area contributed by atoms with Crippen LogP contribution in [0.2, 0.25) is 0 Å². The Balaban J connectivity index is 0.00000338. The summed E-state index contributed by atoms with van der Waals surface area (Å²) in [5.41, 5.74) is 6.09. The molecule has 6 heteroatoms. The first kappa shape index (κ1) is 22.5. The highest BCUT2D eigenvalue weighted by Gasteiger charge is 2.21. The molecule has 2 N–H and O–H groups in total. The number of aryl methyl sites for hydroxylation is 3. The molecule has 144 valence electrons. The van der Waals surface area contributed by atoms with Crippen molar-refractivity contribution in [1.29, 1.82) is 0 Å². The topological polar surface area (TPSA) is 54.2 Å². The maximum Gasteiger partial charge on any atom is 0.191 e. The maximum absolute atomic E-state index is 4.46. The average Bonchev–Trinajstić information content (AvgIpc) is 2.81. The Morgan fingerprint density at radius 3 is 2.23 bits per heavy atom. The Morgan fingerprint density at radius 2 is 1.73 bits per heavy atom. The molecule has 0 atom stereocenters. The van der Waals surface area contributed by atoms with Gasteiger partial charge < -0.3 is 10.6 Å². The Bertz CT molecular complexity index is 744. The Labute approximate surface area is 174 Å². The minimum absolute atomic E-state index is 0. The van der Waals surface area contributed by atoms with Crippen LogP contribution >= 0.6 is 24.0 Å². The van der Waals surface area contributed by atoms with Crippen molar-refractivity contribution in [2.75, 3.05) is 13.6 Å². The van der Waals surface area contributed by atoms with Gasteiger partial charge in [0.2, 0.25) is 0 Å². The molecule has 0 bridgehead atoms. The number of guanidine groups is 1. The minimum Gasteiger partial charge on any atom is -0.356 e. The van der Waals surface area contributed by atoms with E-state index in [1.165, 1.54) is 22.4 Å². The van der Waals surface area contributed by atoms with Crippen LogP contribution in [0.3, 0.4) is 0 Å². The van der Waals surface area contributed by atoms with Gasteiger partial charge in [-0.1, -0.05) is 43.7 Å². The largest absolute Gasteiger partial charge is 0.356 e. The molecule has 1 aromatic heterocycles. The minimum atomic E-state index is 0. The van der Waals surface area contributed by atoms with Crippen molar-refractivity contribution in [1.82, 2.24) is 20.4 Å². The molecule has 0 aliphatic rings. The molecule has 2 aromatic rings. The van der Waals surface area contributed by atoms with Crippen molar-refractivity contribution in [3.63, 3.8) is 0 Å². The lowest BCUT2D eigenvalue weighted by molar-refractivity contribution is 0.508. The fourth-order valence-corrected chi connectivity index (χ4v) is 2.88. The predicted molar refractivity (Wildman–Crippen MR) is 121 cm³/mol. The number of hydrogen-bond acceptors (Lipinski definition) is 2. The zero-order valence-corrected chi connectivity index (χ0v) is 19.3. The Hall–Kier alpha value is -1.57. The average molecular weight is 469 g/mol. The molecular weight excluding hydrogens is 437 g/mol. The molecular formula is C20H32IN5. The summed E-state index contributed by atoms with van der Waals surface area (Å²) in [5, 5.41) is 11.3. The molecule has 0 fully saturated rings. The SMILES string of the molecule is CN=C(NCc1c(C)nn(C)c1C)NCC(C)(C)c1ccc(C)cc1.I. The van der Waals surface area contributed by atoms with Gasteiger partial charge in [-0.25, -0.2) is 0 Å². The van der Waals surface area contributed by atoms with Gasteiger partial charge in [-0.2, -0.15) is 5.10 Å². The monoisotopic (exact) mass is 469 g/mol. The highest BCUT2D eigenvalue weighted by molar-refractivity contribution is 14.0. The van der Waals surface area contributed by atoms with Gasteiger partial charge in [-0.3, -0.25) is 9.67 Å². The number of benzene rings is 1. The quantitative estimate of drug-likeness (QED) is 0.400. The molecule has 0 radical (unpaired) electrons. The molecule has 0 aliphatic carbocycles. The van der Waals surface area contributed by atoms with E-state index in [1.54, 1.807) is 7.05 Å². The zero-order valence-electron chi connectivity index (χ0n) is 17.0. The lowest BCUT2D eigenvalue weighted by atomic mass is 9.84. The third kappa shape index (κ3) is 5.46. The van der Waals surface area contributed by atoms with Crippen molar-refractivity contribution in [3.8, 4) is 0 Å². The molecule has 5 nitrogen and oxygen atoms in total. The van der Waals surface area contributed by atoms with Crippen molar-refractivity contribution in [2.45, 2.75) is 46.6 Å². The fraction of sp³-hybridized carbons (Fsp3) is 0.500. The lowest BCUT2D eigenvalue weighted by Crippen LogP contribution is -2.43. The van der Waals surface area contributed by atoms with Crippen LogP contribution in [-0.4, -0.2) is 29.3 Å². The molecule has 0 amide bonds. The highest BCUT2D eigenvalue weighted by Crippen LogP contribution is 2.22. The smallest absolute Gasteiger partial charge is 0.191 e. The summed E-state index contributed by atoms with van der Waals surface area (Å²) in [7, 11) is 3.78. The molecule has 0 unspecified atom stereocenters. The number of nitrogens with one attached hydrogen (secondary N) is 2. The zero-order chi connectivity index (χ0) is 18.6. The summed E-state index contributed by atoms with van der Waals surface area (Å²) in [6, 6.07) is 8.74. The summed E-state index contributed by atoms with van der Waals surface area (Å²) >= 11 is 0. The Kier molecular flexibility index (Phi) is 8.12. The number of rotatable bonds is 5. The number of aliphatic imine (C=N–C) groups is 1. The van der Waals surface area contributed by atoms with Crippen LogP contribution in [0.15, 0.2) is 29.3 Å². The van der Waals surface area contributed by atoms with Crippen molar-refractivity contribution >= 4 is 29.9 Å².